The third kappa shape index (κ3) is 2.58. The van der Waals surface area contributed by atoms with E-state index in [1.54, 1.807) is 10.6 Å². The molecular weight excluding hydrogens is 268 g/mol. The topological polar surface area (TPSA) is 69.9 Å². The summed E-state index contributed by atoms with van der Waals surface area (Å²) in [4.78, 5) is 18.3. The lowest BCUT2D eigenvalue weighted by molar-refractivity contribution is 0.0690. The summed E-state index contributed by atoms with van der Waals surface area (Å²) in [7, 11) is 2.11. The molecule has 3 heterocycles. The average Bonchev–Trinajstić information content (AvgIpc) is 2.80. The van der Waals surface area contributed by atoms with Gasteiger partial charge in [-0.1, -0.05) is 13.0 Å². The molecule has 6 heteroatoms. The lowest BCUT2D eigenvalue weighted by Gasteiger charge is -2.35. The highest BCUT2D eigenvalue weighted by Gasteiger charge is 2.27. The molecule has 0 aliphatic carbocycles. The fourth-order valence-electron chi connectivity index (χ4n) is 3.04. The number of anilines is 1. The minimum absolute atomic E-state index is 0.205. The van der Waals surface area contributed by atoms with Crippen LogP contribution in [0.1, 0.15) is 23.8 Å². The van der Waals surface area contributed by atoms with Gasteiger partial charge in [-0.3, -0.25) is 4.40 Å². The second-order valence-corrected chi connectivity index (χ2v) is 5.82. The summed E-state index contributed by atoms with van der Waals surface area (Å²) in [5, 5.41) is 12.8. The smallest absolute Gasteiger partial charge is 0.356 e. The molecule has 2 unspecified atom stereocenters. The Morgan fingerprint density at radius 1 is 1.48 bits per heavy atom. The molecule has 112 valence electrons. The van der Waals surface area contributed by atoms with Gasteiger partial charge in [0.15, 0.2) is 11.5 Å². The predicted octanol–water partition coefficient (Wildman–Crippen LogP) is 1.78. The summed E-state index contributed by atoms with van der Waals surface area (Å²) in [5.74, 6) is -0.0397. The van der Waals surface area contributed by atoms with Crippen molar-refractivity contribution in [1.82, 2.24) is 14.3 Å². The minimum Gasteiger partial charge on any atom is -0.476 e. The van der Waals surface area contributed by atoms with Gasteiger partial charge in [-0.15, -0.1) is 0 Å². The first-order valence-electron chi connectivity index (χ1n) is 7.21. The minimum atomic E-state index is -0.961. The lowest BCUT2D eigenvalue weighted by Crippen LogP contribution is -2.43. The standard InChI is InChI=1S/C15H20N4O2/c1-10-9-18(2)8-6-11(10)16-14-13(15(20)21)19-7-4-3-5-12(19)17-14/h3-5,7,10-11,16H,6,8-9H2,1-2H3,(H,20,21). The molecule has 2 atom stereocenters. The molecule has 0 aromatic carbocycles. The molecule has 0 radical (unpaired) electrons. The number of hydrogen-bond donors (Lipinski definition) is 2. The van der Waals surface area contributed by atoms with Gasteiger partial charge in [0.2, 0.25) is 0 Å². The fraction of sp³-hybridized carbons (Fsp3) is 0.467. The van der Waals surface area contributed by atoms with E-state index in [9.17, 15) is 9.90 Å². The van der Waals surface area contributed by atoms with Crippen molar-refractivity contribution in [3.63, 3.8) is 0 Å². The zero-order valence-corrected chi connectivity index (χ0v) is 12.3. The molecule has 0 bridgehead atoms. The number of rotatable bonds is 3. The van der Waals surface area contributed by atoms with E-state index in [2.05, 4.69) is 29.2 Å². The number of aromatic carboxylic acids is 1. The van der Waals surface area contributed by atoms with Gasteiger partial charge in [0.05, 0.1) is 0 Å². The number of nitrogens with one attached hydrogen (secondary N) is 1. The maximum Gasteiger partial charge on any atom is 0.356 e. The maximum absolute atomic E-state index is 11.6. The zero-order chi connectivity index (χ0) is 15.0. The Hall–Kier alpha value is -2.08. The van der Waals surface area contributed by atoms with Crippen LogP contribution in [-0.4, -0.2) is 51.5 Å². The van der Waals surface area contributed by atoms with E-state index < -0.39 is 5.97 Å². The largest absolute Gasteiger partial charge is 0.476 e. The number of carboxylic acids is 1. The van der Waals surface area contributed by atoms with Gasteiger partial charge >= 0.3 is 5.97 Å². The second kappa shape index (κ2) is 5.37. The van der Waals surface area contributed by atoms with Gasteiger partial charge in [0.25, 0.3) is 0 Å². The van der Waals surface area contributed by atoms with E-state index in [1.807, 2.05) is 18.2 Å². The van der Waals surface area contributed by atoms with E-state index in [-0.39, 0.29) is 11.7 Å². The van der Waals surface area contributed by atoms with Crippen LogP contribution in [0.2, 0.25) is 0 Å². The molecule has 1 fully saturated rings. The third-order valence-electron chi connectivity index (χ3n) is 4.16. The Bertz CT molecular complexity index is 667. The monoisotopic (exact) mass is 288 g/mol. The molecule has 6 nitrogen and oxygen atoms in total. The second-order valence-electron chi connectivity index (χ2n) is 5.82. The predicted molar refractivity (Wildman–Crippen MR) is 80.8 cm³/mol. The number of carbonyl (C=O) groups is 1. The summed E-state index contributed by atoms with van der Waals surface area (Å²) in [6.45, 7) is 4.20. The number of hydrogen-bond acceptors (Lipinski definition) is 4. The number of piperidine rings is 1. The van der Waals surface area contributed by atoms with Crippen LogP contribution in [0.15, 0.2) is 24.4 Å². The maximum atomic E-state index is 11.6. The molecule has 1 aliphatic heterocycles. The van der Waals surface area contributed by atoms with Crippen molar-refractivity contribution in [2.24, 2.45) is 5.92 Å². The Balaban J connectivity index is 1.93. The van der Waals surface area contributed by atoms with Crippen LogP contribution in [0.5, 0.6) is 0 Å². The molecule has 21 heavy (non-hydrogen) atoms. The van der Waals surface area contributed by atoms with E-state index in [0.29, 0.717) is 17.4 Å². The number of likely N-dealkylation sites (tertiary alicyclic amines) is 1. The van der Waals surface area contributed by atoms with Gasteiger partial charge in [-0.05, 0) is 38.1 Å². The van der Waals surface area contributed by atoms with Gasteiger partial charge in [-0.25, -0.2) is 9.78 Å². The first-order valence-corrected chi connectivity index (χ1v) is 7.21. The van der Waals surface area contributed by atoms with Gasteiger partial charge in [0, 0.05) is 18.8 Å². The molecular formula is C15H20N4O2. The Kier molecular flexibility index (Phi) is 3.55. The number of nitrogens with zero attached hydrogens (tertiary/aromatic N) is 3. The van der Waals surface area contributed by atoms with Crippen molar-refractivity contribution in [3.8, 4) is 0 Å². The van der Waals surface area contributed by atoms with Crippen LogP contribution in [0.25, 0.3) is 5.65 Å². The molecule has 2 N–H and O–H groups in total. The SMILES string of the molecule is CC1CN(C)CCC1Nc1nc2ccccn2c1C(=O)O. The van der Waals surface area contributed by atoms with E-state index in [1.165, 1.54) is 0 Å². The highest BCUT2D eigenvalue weighted by Crippen LogP contribution is 2.23. The van der Waals surface area contributed by atoms with Gasteiger partial charge in [0.1, 0.15) is 5.65 Å². The summed E-state index contributed by atoms with van der Waals surface area (Å²) in [6.07, 6.45) is 2.72. The van der Waals surface area contributed by atoms with Crippen LogP contribution in [0.4, 0.5) is 5.82 Å². The van der Waals surface area contributed by atoms with Crippen molar-refractivity contribution >= 4 is 17.4 Å². The van der Waals surface area contributed by atoms with Gasteiger partial charge < -0.3 is 15.3 Å². The Morgan fingerprint density at radius 3 is 3.00 bits per heavy atom. The Morgan fingerprint density at radius 2 is 2.29 bits per heavy atom. The summed E-state index contributed by atoms with van der Waals surface area (Å²) in [6, 6.07) is 5.73. The van der Waals surface area contributed by atoms with Crippen molar-refractivity contribution in [1.29, 1.82) is 0 Å². The molecule has 1 saturated heterocycles. The summed E-state index contributed by atoms with van der Waals surface area (Å²) >= 11 is 0. The number of fused-ring (bicyclic) bond motifs is 1. The van der Waals surface area contributed by atoms with Crippen LogP contribution in [0.3, 0.4) is 0 Å². The Labute approximate surface area is 123 Å². The lowest BCUT2D eigenvalue weighted by atomic mass is 9.94. The van der Waals surface area contributed by atoms with Crippen molar-refractivity contribution in [3.05, 3.63) is 30.1 Å². The average molecular weight is 288 g/mol. The van der Waals surface area contributed by atoms with Gasteiger partial charge in [-0.2, -0.15) is 0 Å². The van der Waals surface area contributed by atoms with Crippen LogP contribution < -0.4 is 5.32 Å². The summed E-state index contributed by atoms with van der Waals surface area (Å²) < 4.78 is 1.62. The van der Waals surface area contributed by atoms with Crippen LogP contribution in [-0.2, 0) is 0 Å². The first kappa shape index (κ1) is 13.9. The van der Waals surface area contributed by atoms with Crippen molar-refractivity contribution in [2.45, 2.75) is 19.4 Å². The normalized spacial score (nSPS) is 23.3. The van der Waals surface area contributed by atoms with E-state index in [4.69, 9.17) is 0 Å². The molecule has 1 aliphatic rings. The molecule has 0 saturated carbocycles. The third-order valence-corrected chi connectivity index (χ3v) is 4.16. The van der Waals surface area contributed by atoms with Crippen molar-refractivity contribution in [2.75, 3.05) is 25.5 Å². The molecule has 2 aromatic heterocycles. The highest BCUT2D eigenvalue weighted by molar-refractivity contribution is 5.93. The first-order chi connectivity index (χ1) is 10.1. The number of imidazole rings is 1. The molecule has 0 amide bonds. The number of carboxylic acid groups (broad SMARTS) is 1. The highest BCUT2D eigenvalue weighted by atomic mass is 16.4. The van der Waals surface area contributed by atoms with Crippen LogP contribution in [0, 0.1) is 5.92 Å². The number of pyridine rings is 1. The van der Waals surface area contributed by atoms with Crippen LogP contribution >= 0.6 is 0 Å². The zero-order valence-electron chi connectivity index (χ0n) is 12.3. The quantitative estimate of drug-likeness (QED) is 0.901. The summed E-state index contributed by atoms with van der Waals surface area (Å²) in [5.41, 5.74) is 0.856. The van der Waals surface area contributed by atoms with E-state index >= 15 is 0 Å². The number of aromatic nitrogens is 2. The molecule has 2 aromatic rings. The van der Waals surface area contributed by atoms with E-state index in [0.717, 1.165) is 19.5 Å². The molecule has 3 rings (SSSR count). The molecule has 0 spiro atoms. The fourth-order valence-corrected chi connectivity index (χ4v) is 3.04. The van der Waals surface area contributed by atoms with Crippen molar-refractivity contribution < 1.29 is 9.90 Å².